The first kappa shape index (κ1) is 10.3. The smallest absolute Gasteiger partial charge is 0.230 e. The summed E-state index contributed by atoms with van der Waals surface area (Å²) in [5.41, 5.74) is 1.06. The van der Waals surface area contributed by atoms with Gasteiger partial charge in [-0.05, 0) is 6.92 Å². The lowest BCUT2D eigenvalue weighted by atomic mass is 10.5. The molecule has 0 saturated heterocycles. The van der Waals surface area contributed by atoms with E-state index in [9.17, 15) is 0 Å². The Kier molecular flexibility index (Phi) is 3.08. The van der Waals surface area contributed by atoms with Crippen molar-refractivity contribution in [3.05, 3.63) is 27.9 Å². The summed E-state index contributed by atoms with van der Waals surface area (Å²) in [6.07, 6.45) is 0. The molecule has 0 aromatic carbocycles. The lowest BCUT2D eigenvalue weighted by Crippen LogP contribution is -2.12. The summed E-state index contributed by atoms with van der Waals surface area (Å²) >= 11 is 1.65. The van der Waals surface area contributed by atoms with Crippen LogP contribution < -0.4 is 5.32 Å². The second kappa shape index (κ2) is 4.50. The molecule has 2 rings (SSSR count). The first-order valence-electron chi connectivity index (χ1n) is 4.65. The molecule has 0 unspecified atom stereocenters. The summed E-state index contributed by atoms with van der Waals surface area (Å²) in [5.74, 6) is 1.21. The van der Waals surface area contributed by atoms with E-state index < -0.39 is 0 Å². The number of aryl methyl sites for hydroxylation is 2. The van der Waals surface area contributed by atoms with Crippen LogP contribution in [0.15, 0.2) is 9.80 Å². The zero-order chi connectivity index (χ0) is 10.7. The molecule has 0 radical (unpaired) electrons. The van der Waals surface area contributed by atoms with Crippen molar-refractivity contribution in [1.82, 2.24) is 20.5 Å². The van der Waals surface area contributed by atoms with Gasteiger partial charge in [-0.3, -0.25) is 0 Å². The minimum Gasteiger partial charge on any atom is -0.424 e. The highest BCUT2D eigenvalue weighted by Gasteiger charge is 2.02. The summed E-state index contributed by atoms with van der Waals surface area (Å²) in [6.45, 7) is 5.08. The SMILES string of the molecule is Cc1csc(CNCc2nnc(C)o2)n1. The molecule has 2 aromatic heterocycles. The Hall–Kier alpha value is -1.27. The van der Waals surface area contributed by atoms with Crippen molar-refractivity contribution in [3.8, 4) is 0 Å². The number of nitrogens with zero attached hydrogens (tertiary/aromatic N) is 3. The van der Waals surface area contributed by atoms with Crippen LogP contribution in [0.2, 0.25) is 0 Å². The maximum atomic E-state index is 5.22. The first-order valence-corrected chi connectivity index (χ1v) is 5.53. The van der Waals surface area contributed by atoms with Crippen LogP contribution in [0.25, 0.3) is 0 Å². The lowest BCUT2D eigenvalue weighted by Gasteiger charge is -1.96. The summed E-state index contributed by atoms with van der Waals surface area (Å²) < 4.78 is 5.22. The number of thiazole rings is 1. The van der Waals surface area contributed by atoms with E-state index in [0.29, 0.717) is 18.3 Å². The Bertz CT molecular complexity index is 397. The van der Waals surface area contributed by atoms with Gasteiger partial charge in [-0.15, -0.1) is 21.5 Å². The molecular weight excluding hydrogens is 212 g/mol. The summed E-state index contributed by atoms with van der Waals surface area (Å²) in [6, 6.07) is 0. The molecule has 6 heteroatoms. The maximum absolute atomic E-state index is 5.22. The third-order valence-electron chi connectivity index (χ3n) is 1.79. The molecule has 0 aliphatic carbocycles. The Morgan fingerprint density at radius 3 is 2.80 bits per heavy atom. The second-order valence-electron chi connectivity index (χ2n) is 3.20. The van der Waals surface area contributed by atoms with Crippen LogP contribution in [0.4, 0.5) is 0 Å². The average Bonchev–Trinajstić information content (AvgIpc) is 2.76. The van der Waals surface area contributed by atoms with Crippen LogP contribution in [0.1, 0.15) is 22.5 Å². The first-order chi connectivity index (χ1) is 7.24. The highest BCUT2D eigenvalue weighted by atomic mass is 32.1. The third kappa shape index (κ3) is 2.84. The van der Waals surface area contributed by atoms with Crippen LogP contribution in [0.5, 0.6) is 0 Å². The number of rotatable bonds is 4. The molecule has 0 amide bonds. The summed E-state index contributed by atoms with van der Waals surface area (Å²) in [4.78, 5) is 4.34. The molecule has 5 nitrogen and oxygen atoms in total. The highest BCUT2D eigenvalue weighted by molar-refractivity contribution is 7.09. The van der Waals surface area contributed by atoms with Crippen LogP contribution in [-0.2, 0) is 13.1 Å². The van der Waals surface area contributed by atoms with Gasteiger partial charge in [0.05, 0.1) is 6.54 Å². The molecule has 0 aliphatic heterocycles. The topological polar surface area (TPSA) is 63.8 Å². The van der Waals surface area contributed by atoms with Crippen molar-refractivity contribution in [3.63, 3.8) is 0 Å². The van der Waals surface area contributed by atoms with E-state index in [1.165, 1.54) is 0 Å². The Morgan fingerprint density at radius 2 is 2.20 bits per heavy atom. The van der Waals surface area contributed by atoms with Gasteiger partial charge in [0, 0.05) is 24.5 Å². The van der Waals surface area contributed by atoms with Gasteiger partial charge >= 0.3 is 0 Å². The van der Waals surface area contributed by atoms with Gasteiger partial charge < -0.3 is 9.73 Å². The zero-order valence-electron chi connectivity index (χ0n) is 8.65. The van der Waals surface area contributed by atoms with E-state index in [-0.39, 0.29) is 0 Å². The molecule has 15 heavy (non-hydrogen) atoms. The van der Waals surface area contributed by atoms with E-state index in [2.05, 4.69) is 20.5 Å². The Balaban J connectivity index is 1.80. The maximum Gasteiger partial charge on any atom is 0.230 e. The molecule has 0 bridgehead atoms. The van der Waals surface area contributed by atoms with Gasteiger partial charge in [-0.2, -0.15) is 0 Å². The fourth-order valence-corrected chi connectivity index (χ4v) is 1.91. The van der Waals surface area contributed by atoms with Crippen molar-refractivity contribution in [2.45, 2.75) is 26.9 Å². The van der Waals surface area contributed by atoms with E-state index in [1.54, 1.807) is 18.3 Å². The van der Waals surface area contributed by atoms with Crippen molar-refractivity contribution >= 4 is 11.3 Å². The normalized spacial score (nSPS) is 10.8. The van der Waals surface area contributed by atoms with E-state index in [0.717, 1.165) is 17.2 Å². The van der Waals surface area contributed by atoms with Crippen molar-refractivity contribution in [2.24, 2.45) is 0 Å². The quantitative estimate of drug-likeness (QED) is 0.851. The number of nitrogens with one attached hydrogen (secondary N) is 1. The lowest BCUT2D eigenvalue weighted by molar-refractivity contribution is 0.446. The minimum atomic E-state index is 0.583. The fourth-order valence-electron chi connectivity index (χ4n) is 1.17. The Morgan fingerprint density at radius 1 is 1.33 bits per heavy atom. The average molecular weight is 224 g/mol. The van der Waals surface area contributed by atoms with Crippen molar-refractivity contribution in [2.75, 3.05) is 0 Å². The molecule has 0 spiro atoms. The summed E-state index contributed by atoms with van der Waals surface area (Å²) in [7, 11) is 0. The third-order valence-corrected chi connectivity index (χ3v) is 2.75. The highest BCUT2D eigenvalue weighted by Crippen LogP contribution is 2.08. The molecule has 0 saturated carbocycles. The predicted molar refractivity (Wildman–Crippen MR) is 56.4 cm³/mol. The fraction of sp³-hybridized carbons (Fsp3) is 0.444. The molecule has 1 N–H and O–H groups in total. The van der Waals surface area contributed by atoms with E-state index >= 15 is 0 Å². The van der Waals surface area contributed by atoms with Crippen LogP contribution in [-0.4, -0.2) is 15.2 Å². The van der Waals surface area contributed by atoms with Gasteiger partial charge in [0.2, 0.25) is 11.8 Å². The van der Waals surface area contributed by atoms with E-state index in [1.807, 2.05) is 12.3 Å². The molecule has 80 valence electrons. The summed E-state index contributed by atoms with van der Waals surface area (Å²) in [5, 5.41) is 13.9. The molecule has 0 aliphatic rings. The second-order valence-corrected chi connectivity index (χ2v) is 4.14. The molecule has 2 heterocycles. The van der Waals surface area contributed by atoms with Crippen molar-refractivity contribution in [1.29, 1.82) is 0 Å². The molecule has 0 fully saturated rings. The van der Waals surface area contributed by atoms with Gasteiger partial charge in [0.1, 0.15) is 5.01 Å². The Labute approximate surface area is 91.6 Å². The van der Waals surface area contributed by atoms with Gasteiger partial charge in [0.25, 0.3) is 0 Å². The molecule has 0 atom stereocenters. The number of hydrogen-bond donors (Lipinski definition) is 1. The van der Waals surface area contributed by atoms with E-state index in [4.69, 9.17) is 4.42 Å². The van der Waals surface area contributed by atoms with Gasteiger partial charge in [-0.1, -0.05) is 0 Å². The molecular formula is C9H12N4OS. The van der Waals surface area contributed by atoms with Crippen molar-refractivity contribution < 1.29 is 4.42 Å². The van der Waals surface area contributed by atoms with Gasteiger partial charge in [-0.25, -0.2) is 4.98 Å². The minimum absolute atomic E-state index is 0.583. The largest absolute Gasteiger partial charge is 0.424 e. The molecule has 2 aromatic rings. The zero-order valence-corrected chi connectivity index (χ0v) is 9.47. The van der Waals surface area contributed by atoms with Crippen LogP contribution in [0, 0.1) is 13.8 Å². The number of aromatic nitrogens is 3. The number of hydrogen-bond acceptors (Lipinski definition) is 6. The van der Waals surface area contributed by atoms with Crippen LogP contribution >= 0.6 is 11.3 Å². The van der Waals surface area contributed by atoms with Crippen LogP contribution in [0.3, 0.4) is 0 Å². The standard InChI is InChI=1S/C9H12N4OS/c1-6-5-15-9(11-6)4-10-3-8-13-12-7(2)14-8/h5,10H,3-4H2,1-2H3. The monoisotopic (exact) mass is 224 g/mol. The van der Waals surface area contributed by atoms with Gasteiger partial charge in [0.15, 0.2) is 0 Å². The predicted octanol–water partition coefficient (Wildman–Crippen LogP) is 1.43.